The molecule has 1 atom stereocenters. The number of anilines is 1. The zero-order chi connectivity index (χ0) is 25.7. The van der Waals surface area contributed by atoms with Crippen LogP contribution in [0.4, 0.5) is 20.6 Å². The first-order valence-electron chi connectivity index (χ1n) is 10.4. The number of carboxylic acids is 1. The Labute approximate surface area is 210 Å². The van der Waals surface area contributed by atoms with E-state index >= 15 is 4.39 Å². The van der Waals surface area contributed by atoms with Gasteiger partial charge in [-0.25, -0.2) is 19.0 Å². The van der Waals surface area contributed by atoms with Crippen molar-refractivity contribution in [3.8, 4) is 5.88 Å². The number of halogens is 3. The van der Waals surface area contributed by atoms with Gasteiger partial charge in [0.2, 0.25) is 0 Å². The van der Waals surface area contributed by atoms with Gasteiger partial charge in [0.25, 0.3) is 5.88 Å². The van der Waals surface area contributed by atoms with E-state index in [-0.39, 0.29) is 38.7 Å². The van der Waals surface area contributed by atoms with Crippen LogP contribution in [0.15, 0.2) is 10.5 Å². The lowest BCUT2D eigenvalue weighted by Gasteiger charge is -2.46. The third-order valence-corrected chi connectivity index (χ3v) is 7.59. The Morgan fingerprint density at radius 1 is 1.46 bits per heavy atom. The molecule has 2 fully saturated rings. The van der Waals surface area contributed by atoms with Gasteiger partial charge < -0.3 is 30.1 Å². The third kappa shape index (κ3) is 4.41. The molecule has 3 N–H and O–H groups in total. The second-order valence-electron chi connectivity index (χ2n) is 8.52. The van der Waals surface area contributed by atoms with Gasteiger partial charge in [-0.2, -0.15) is 0 Å². The molecule has 2 aliphatic heterocycles. The lowest BCUT2D eigenvalue weighted by molar-refractivity contribution is -0.385. The molecule has 2 aliphatic rings. The van der Waals surface area contributed by atoms with E-state index in [1.807, 2.05) is 11.9 Å². The average molecular weight is 577 g/mol. The Morgan fingerprint density at radius 2 is 2.14 bits per heavy atom. The first-order valence-corrected chi connectivity index (χ1v) is 11.6. The minimum Gasteiger partial charge on any atom is -0.479 e. The number of nitro groups is 1. The maximum atomic E-state index is 15.2. The summed E-state index contributed by atoms with van der Waals surface area (Å²) in [6.45, 7) is -0.110. The van der Waals surface area contributed by atoms with Gasteiger partial charge in [0.15, 0.2) is 11.4 Å². The number of fused-ring (bicyclic) bond motifs is 1. The van der Waals surface area contributed by atoms with Crippen molar-refractivity contribution in [3.05, 3.63) is 31.5 Å². The predicted molar refractivity (Wildman–Crippen MR) is 126 cm³/mol. The fourth-order valence-electron chi connectivity index (χ4n) is 4.28. The number of rotatable bonds is 7. The molecule has 4 rings (SSSR count). The fraction of sp³-hybridized carbons (Fsp3) is 0.450. The van der Waals surface area contributed by atoms with Gasteiger partial charge >= 0.3 is 17.7 Å². The molecule has 12 nitrogen and oxygen atoms in total. The first kappa shape index (κ1) is 25.1. The number of hydrogen-bond acceptors (Lipinski definition) is 8. The van der Waals surface area contributed by atoms with E-state index in [0.717, 1.165) is 24.3 Å². The molecule has 1 aromatic carbocycles. The van der Waals surface area contributed by atoms with Crippen LogP contribution in [0.3, 0.4) is 0 Å². The van der Waals surface area contributed by atoms with Gasteiger partial charge in [0.1, 0.15) is 17.8 Å². The highest BCUT2D eigenvalue weighted by molar-refractivity contribution is 9.10. The van der Waals surface area contributed by atoms with Crippen molar-refractivity contribution >= 4 is 61.9 Å². The number of amides is 1. The minimum atomic E-state index is -1.89. The smallest absolute Gasteiger partial charge is 0.407 e. The van der Waals surface area contributed by atoms with Gasteiger partial charge in [-0.05, 0) is 48.4 Å². The molecular formula is C20H20BrClFN5O7. The van der Waals surface area contributed by atoms with Gasteiger partial charge in [-0.15, -0.1) is 0 Å². The number of nitrogens with one attached hydrogen (secondary N) is 1. The number of pyridine rings is 1. The van der Waals surface area contributed by atoms with Crippen LogP contribution in [0.25, 0.3) is 10.9 Å². The predicted octanol–water partition coefficient (Wildman–Crippen LogP) is 3.40. The van der Waals surface area contributed by atoms with Gasteiger partial charge in [-0.3, -0.25) is 10.1 Å². The standard InChI is InChI=1S/C20H20BrClFN5O7/c1-26-4-2-3-9(26)6-35-17-16(28(33)34)15(10-5-11(22)12(21)13(23)14(10)24-17)25-20(18(29)30)7-27(8-20)19(31)32/h5,9H,2-4,6-8H2,1H3,(H,24,25)(H,29,30)(H,31,32). The van der Waals surface area contributed by atoms with Crippen LogP contribution in [-0.4, -0.2) is 86.9 Å². The zero-order valence-electron chi connectivity index (χ0n) is 18.3. The number of likely N-dealkylation sites (N-methyl/N-ethyl adjacent to an activating group) is 1. The van der Waals surface area contributed by atoms with Crippen molar-refractivity contribution in [3.63, 3.8) is 0 Å². The summed E-state index contributed by atoms with van der Waals surface area (Å²) in [7, 11) is 1.89. The van der Waals surface area contributed by atoms with Crippen LogP contribution in [0, 0.1) is 15.9 Å². The quantitative estimate of drug-likeness (QED) is 0.253. The van der Waals surface area contributed by atoms with Crippen LogP contribution in [0.5, 0.6) is 5.88 Å². The SMILES string of the molecule is CN1CCCC1COc1nc2c(F)c(Br)c(Cl)cc2c(NC2(C(=O)O)CN(C(=O)O)C2)c1[N+](=O)[O-]. The largest absolute Gasteiger partial charge is 0.479 e. The molecule has 0 bridgehead atoms. The third-order valence-electron chi connectivity index (χ3n) is 6.29. The van der Waals surface area contributed by atoms with Crippen LogP contribution < -0.4 is 10.1 Å². The molecule has 0 saturated carbocycles. The summed E-state index contributed by atoms with van der Waals surface area (Å²) in [4.78, 5) is 41.6. The summed E-state index contributed by atoms with van der Waals surface area (Å²) in [5.74, 6) is -2.85. The van der Waals surface area contributed by atoms with Crippen molar-refractivity contribution in [1.82, 2.24) is 14.8 Å². The summed E-state index contributed by atoms with van der Waals surface area (Å²) in [5.41, 5.74) is -3.31. The van der Waals surface area contributed by atoms with E-state index in [9.17, 15) is 24.8 Å². The molecule has 35 heavy (non-hydrogen) atoms. The van der Waals surface area contributed by atoms with E-state index < -0.39 is 53.0 Å². The number of carbonyl (C=O) groups is 2. The van der Waals surface area contributed by atoms with Crippen LogP contribution in [-0.2, 0) is 4.79 Å². The van der Waals surface area contributed by atoms with Crippen LogP contribution in [0.2, 0.25) is 5.02 Å². The molecule has 1 amide bonds. The van der Waals surface area contributed by atoms with Crippen molar-refractivity contribution < 1.29 is 33.9 Å². The maximum absolute atomic E-state index is 15.2. The second-order valence-corrected chi connectivity index (χ2v) is 9.72. The van der Waals surface area contributed by atoms with Gasteiger partial charge in [0, 0.05) is 11.4 Å². The number of benzene rings is 1. The fourth-order valence-corrected chi connectivity index (χ4v) is 4.78. The molecule has 0 radical (unpaired) electrons. The van der Waals surface area contributed by atoms with E-state index in [4.69, 9.17) is 21.4 Å². The van der Waals surface area contributed by atoms with E-state index in [1.165, 1.54) is 6.07 Å². The van der Waals surface area contributed by atoms with Crippen molar-refractivity contribution in [2.24, 2.45) is 0 Å². The number of likely N-dealkylation sites (tertiary alicyclic amines) is 2. The van der Waals surface area contributed by atoms with Gasteiger partial charge in [0.05, 0.1) is 27.5 Å². The average Bonchev–Trinajstić information content (AvgIpc) is 3.16. The first-order chi connectivity index (χ1) is 16.4. The van der Waals surface area contributed by atoms with E-state index in [1.54, 1.807) is 0 Å². The normalized spacial score (nSPS) is 19.4. The topological polar surface area (TPSA) is 158 Å². The number of carboxylic acid groups (broad SMARTS) is 2. The van der Waals surface area contributed by atoms with E-state index in [2.05, 4.69) is 26.2 Å². The molecule has 0 aliphatic carbocycles. The van der Waals surface area contributed by atoms with Crippen molar-refractivity contribution in [2.45, 2.75) is 24.4 Å². The molecule has 0 spiro atoms. The number of ether oxygens (including phenoxy) is 1. The number of nitrogens with zero attached hydrogens (tertiary/aromatic N) is 4. The summed E-state index contributed by atoms with van der Waals surface area (Å²) in [6, 6.07) is 1.18. The monoisotopic (exact) mass is 575 g/mol. The molecule has 188 valence electrons. The summed E-state index contributed by atoms with van der Waals surface area (Å²) >= 11 is 9.11. The zero-order valence-corrected chi connectivity index (χ0v) is 20.6. The van der Waals surface area contributed by atoms with Crippen LogP contribution in [0.1, 0.15) is 12.8 Å². The highest BCUT2D eigenvalue weighted by atomic mass is 79.9. The van der Waals surface area contributed by atoms with Crippen LogP contribution >= 0.6 is 27.5 Å². The molecule has 1 unspecified atom stereocenters. The molecule has 1 aromatic heterocycles. The van der Waals surface area contributed by atoms with Crippen molar-refractivity contribution in [1.29, 1.82) is 0 Å². The Balaban J connectivity index is 1.87. The number of hydrogen-bond donors (Lipinski definition) is 3. The van der Waals surface area contributed by atoms with E-state index in [0.29, 0.717) is 0 Å². The highest BCUT2D eigenvalue weighted by Crippen LogP contribution is 2.45. The molecule has 15 heteroatoms. The Morgan fingerprint density at radius 3 is 2.69 bits per heavy atom. The maximum Gasteiger partial charge on any atom is 0.407 e. The highest BCUT2D eigenvalue weighted by Gasteiger charge is 2.53. The number of aromatic nitrogens is 1. The Kier molecular flexibility index (Phi) is 6.64. The molecule has 2 aromatic rings. The molecule has 3 heterocycles. The second kappa shape index (κ2) is 9.24. The summed E-state index contributed by atoms with van der Waals surface area (Å²) in [6.07, 6.45) is 0.373. The minimum absolute atomic E-state index is 0.0357. The van der Waals surface area contributed by atoms with Gasteiger partial charge in [-0.1, -0.05) is 11.6 Å². The molecule has 2 saturated heterocycles. The Bertz CT molecular complexity index is 1240. The molecular weight excluding hydrogens is 557 g/mol. The number of aliphatic carboxylic acids is 1. The van der Waals surface area contributed by atoms with Crippen molar-refractivity contribution in [2.75, 3.05) is 38.6 Å². The lowest BCUT2D eigenvalue weighted by Crippen LogP contribution is -2.71. The summed E-state index contributed by atoms with van der Waals surface area (Å²) < 4.78 is 20.7. The lowest BCUT2D eigenvalue weighted by atomic mass is 9.89. The summed E-state index contributed by atoms with van der Waals surface area (Å²) in [5, 5.41) is 33.5. The Hall–Kier alpha value is -2.97.